The fraction of sp³-hybridized carbons (Fsp3) is 1.00. The van der Waals surface area contributed by atoms with Gasteiger partial charge in [0.2, 0.25) is 0 Å². The van der Waals surface area contributed by atoms with E-state index in [1.807, 2.05) is 0 Å². The smallest absolute Gasteiger partial charge is 0.146 e. The Kier molecular flexibility index (Phi) is 6.07. The molecule has 106 valence electrons. The quantitative estimate of drug-likeness (QED) is 0.662. The SMILES string of the molecule is ClC1(Cl)CCOCOCC1C1CCCCCCC1. The molecule has 0 aromatic rings. The minimum atomic E-state index is -0.690. The summed E-state index contributed by atoms with van der Waals surface area (Å²) < 4.78 is 10.2. The van der Waals surface area contributed by atoms with Gasteiger partial charge in [0.25, 0.3) is 0 Å². The van der Waals surface area contributed by atoms with Crippen LogP contribution in [0, 0.1) is 11.8 Å². The maximum absolute atomic E-state index is 6.55. The van der Waals surface area contributed by atoms with Crippen molar-refractivity contribution in [1.29, 1.82) is 0 Å². The van der Waals surface area contributed by atoms with Gasteiger partial charge in [-0.3, -0.25) is 0 Å². The molecule has 1 atom stereocenters. The minimum Gasteiger partial charge on any atom is -0.355 e. The summed E-state index contributed by atoms with van der Waals surface area (Å²) in [5, 5.41) is 0. The van der Waals surface area contributed by atoms with E-state index in [9.17, 15) is 0 Å². The maximum atomic E-state index is 6.55. The average Bonchev–Trinajstić information content (AvgIpc) is 2.27. The Morgan fingerprint density at radius 1 is 0.889 bits per heavy atom. The third kappa shape index (κ3) is 4.26. The highest BCUT2D eigenvalue weighted by atomic mass is 35.5. The van der Waals surface area contributed by atoms with E-state index in [1.165, 1.54) is 44.9 Å². The van der Waals surface area contributed by atoms with E-state index in [0.717, 1.165) is 0 Å². The Morgan fingerprint density at radius 2 is 1.56 bits per heavy atom. The standard InChI is InChI=1S/C14H24Cl2O2/c15-14(16)8-9-17-11-18-10-13(14)12-6-4-2-1-3-5-7-12/h12-13H,1-11H2. The molecule has 0 aromatic heterocycles. The van der Waals surface area contributed by atoms with E-state index in [0.29, 0.717) is 32.3 Å². The fourth-order valence-corrected chi connectivity index (χ4v) is 3.82. The van der Waals surface area contributed by atoms with Crippen LogP contribution in [0.5, 0.6) is 0 Å². The molecular weight excluding hydrogens is 271 g/mol. The first kappa shape index (κ1) is 14.9. The minimum absolute atomic E-state index is 0.253. The molecule has 18 heavy (non-hydrogen) atoms. The summed E-state index contributed by atoms with van der Waals surface area (Å²) in [5.74, 6) is 0.862. The summed E-state index contributed by atoms with van der Waals surface area (Å²) in [6, 6.07) is 0. The third-order valence-electron chi connectivity index (χ3n) is 4.31. The zero-order valence-electron chi connectivity index (χ0n) is 11.0. The molecule has 2 fully saturated rings. The van der Waals surface area contributed by atoms with Crippen molar-refractivity contribution in [3.8, 4) is 0 Å². The molecular formula is C14H24Cl2O2. The molecule has 1 saturated heterocycles. The summed E-state index contributed by atoms with van der Waals surface area (Å²) in [6.45, 7) is 1.61. The molecule has 1 aliphatic carbocycles. The van der Waals surface area contributed by atoms with Crippen LogP contribution in [0.4, 0.5) is 0 Å². The molecule has 1 heterocycles. The number of halogens is 2. The lowest BCUT2D eigenvalue weighted by Gasteiger charge is -2.38. The monoisotopic (exact) mass is 294 g/mol. The Morgan fingerprint density at radius 3 is 2.28 bits per heavy atom. The van der Waals surface area contributed by atoms with Crippen LogP contribution in [-0.2, 0) is 9.47 Å². The van der Waals surface area contributed by atoms with Gasteiger partial charge in [-0.25, -0.2) is 0 Å². The van der Waals surface area contributed by atoms with Crippen LogP contribution in [0.15, 0.2) is 0 Å². The molecule has 0 N–H and O–H groups in total. The molecule has 4 heteroatoms. The molecule has 2 rings (SSSR count). The van der Waals surface area contributed by atoms with Crippen molar-refractivity contribution in [3.05, 3.63) is 0 Å². The Balaban J connectivity index is 2.00. The maximum Gasteiger partial charge on any atom is 0.146 e. The lowest BCUT2D eigenvalue weighted by Crippen LogP contribution is -2.39. The zero-order chi connectivity index (χ0) is 12.8. The van der Waals surface area contributed by atoms with Crippen LogP contribution in [-0.4, -0.2) is 24.3 Å². The first-order valence-electron chi connectivity index (χ1n) is 7.23. The molecule has 0 radical (unpaired) electrons. The lowest BCUT2D eigenvalue weighted by atomic mass is 9.79. The number of hydrogen-bond donors (Lipinski definition) is 0. The van der Waals surface area contributed by atoms with Crippen molar-refractivity contribution < 1.29 is 9.47 Å². The van der Waals surface area contributed by atoms with E-state index < -0.39 is 4.33 Å². The molecule has 1 saturated carbocycles. The van der Waals surface area contributed by atoms with Crippen LogP contribution < -0.4 is 0 Å². The summed E-state index contributed by atoms with van der Waals surface area (Å²) in [6.07, 6.45) is 9.90. The molecule has 2 nitrogen and oxygen atoms in total. The van der Waals surface area contributed by atoms with Crippen LogP contribution in [0.3, 0.4) is 0 Å². The van der Waals surface area contributed by atoms with Crippen LogP contribution in [0.1, 0.15) is 51.4 Å². The molecule has 0 aromatic carbocycles. The van der Waals surface area contributed by atoms with Crippen LogP contribution in [0.25, 0.3) is 0 Å². The van der Waals surface area contributed by atoms with Crippen LogP contribution >= 0.6 is 23.2 Å². The molecule has 1 unspecified atom stereocenters. The summed E-state index contributed by atoms with van der Waals surface area (Å²) in [4.78, 5) is 0. The number of hydrogen-bond acceptors (Lipinski definition) is 2. The van der Waals surface area contributed by atoms with Gasteiger partial charge in [-0.2, -0.15) is 0 Å². The van der Waals surface area contributed by atoms with Gasteiger partial charge in [-0.15, -0.1) is 23.2 Å². The van der Waals surface area contributed by atoms with Gasteiger partial charge in [0.05, 0.1) is 13.2 Å². The molecule has 0 amide bonds. The van der Waals surface area contributed by atoms with E-state index in [1.54, 1.807) is 0 Å². The van der Waals surface area contributed by atoms with Crippen molar-refractivity contribution >= 4 is 23.2 Å². The predicted octanol–water partition coefficient (Wildman–Crippen LogP) is 4.53. The highest BCUT2D eigenvalue weighted by molar-refractivity contribution is 6.48. The Hall–Kier alpha value is 0.500. The van der Waals surface area contributed by atoms with Crippen molar-refractivity contribution in [2.45, 2.75) is 55.7 Å². The van der Waals surface area contributed by atoms with Crippen molar-refractivity contribution in [3.63, 3.8) is 0 Å². The second-order valence-electron chi connectivity index (χ2n) is 5.62. The van der Waals surface area contributed by atoms with E-state index in [2.05, 4.69) is 0 Å². The second kappa shape index (κ2) is 7.33. The summed E-state index contributed by atoms with van der Waals surface area (Å²) >= 11 is 13.1. The van der Waals surface area contributed by atoms with Gasteiger partial charge in [-0.05, 0) is 18.8 Å². The van der Waals surface area contributed by atoms with Gasteiger partial charge >= 0.3 is 0 Å². The first-order chi connectivity index (χ1) is 8.70. The average molecular weight is 295 g/mol. The molecule has 2 aliphatic rings. The largest absolute Gasteiger partial charge is 0.355 e. The number of ether oxygens (including phenoxy) is 2. The van der Waals surface area contributed by atoms with E-state index in [4.69, 9.17) is 32.7 Å². The topological polar surface area (TPSA) is 18.5 Å². The summed E-state index contributed by atoms with van der Waals surface area (Å²) in [5.41, 5.74) is 0. The van der Waals surface area contributed by atoms with Crippen molar-refractivity contribution in [1.82, 2.24) is 0 Å². The summed E-state index contributed by atoms with van der Waals surface area (Å²) in [7, 11) is 0. The van der Waals surface area contributed by atoms with E-state index in [-0.39, 0.29) is 5.92 Å². The Labute approximate surface area is 120 Å². The fourth-order valence-electron chi connectivity index (χ4n) is 3.18. The van der Waals surface area contributed by atoms with Gasteiger partial charge in [0.15, 0.2) is 0 Å². The van der Waals surface area contributed by atoms with Crippen molar-refractivity contribution in [2.75, 3.05) is 20.0 Å². The molecule has 0 bridgehead atoms. The highest BCUT2D eigenvalue weighted by Crippen LogP contribution is 2.43. The number of rotatable bonds is 1. The van der Waals surface area contributed by atoms with Gasteiger partial charge in [0, 0.05) is 12.3 Å². The predicted molar refractivity (Wildman–Crippen MR) is 75.1 cm³/mol. The van der Waals surface area contributed by atoms with Gasteiger partial charge < -0.3 is 9.47 Å². The Bertz CT molecular complexity index is 238. The van der Waals surface area contributed by atoms with Gasteiger partial charge in [-0.1, -0.05) is 32.1 Å². The normalized spacial score (nSPS) is 32.0. The number of alkyl halides is 2. The zero-order valence-corrected chi connectivity index (χ0v) is 12.5. The second-order valence-corrected chi connectivity index (χ2v) is 7.16. The van der Waals surface area contributed by atoms with Crippen LogP contribution in [0.2, 0.25) is 0 Å². The third-order valence-corrected chi connectivity index (χ3v) is 5.24. The van der Waals surface area contributed by atoms with Gasteiger partial charge in [0.1, 0.15) is 11.1 Å². The first-order valence-corrected chi connectivity index (χ1v) is 7.99. The van der Waals surface area contributed by atoms with E-state index >= 15 is 0 Å². The molecule has 0 spiro atoms. The van der Waals surface area contributed by atoms with Crippen molar-refractivity contribution in [2.24, 2.45) is 11.8 Å². The molecule has 1 aliphatic heterocycles. The highest BCUT2D eigenvalue weighted by Gasteiger charge is 2.40. The lowest BCUT2D eigenvalue weighted by molar-refractivity contribution is -0.0905.